The van der Waals surface area contributed by atoms with Crippen LogP contribution in [0.15, 0.2) is 17.6 Å². The van der Waals surface area contributed by atoms with E-state index in [2.05, 4.69) is 10.3 Å². The first-order valence-electron chi connectivity index (χ1n) is 6.12. The number of nitrogens with two attached hydrogens (primary N) is 1. The lowest BCUT2D eigenvalue weighted by Crippen LogP contribution is -2.50. The highest BCUT2D eigenvalue weighted by Gasteiger charge is 2.44. The largest absolute Gasteiger partial charge is 0.321 e. The van der Waals surface area contributed by atoms with Gasteiger partial charge >= 0.3 is 0 Å². The Bertz CT molecular complexity index is 648. The van der Waals surface area contributed by atoms with Crippen molar-refractivity contribution in [2.24, 2.45) is 11.7 Å². The van der Waals surface area contributed by atoms with Gasteiger partial charge in [-0.3, -0.25) is 4.79 Å². The quantitative estimate of drug-likeness (QED) is 0.914. The third kappa shape index (κ3) is 2.22. The first-order valence-corrected chi connectivity index (χ1v) is 7.38. The maximum Gasteiger partial charge on any atom is 0.244 e. The van der Waals surface area contributed by atoms with Crippen molar-refractivity contribution < 1.29 is 4.79 Å². The monoisotopic (exact) mass is 295 g/mol. The Morgan fingerprint density at radius 3 is 3.00 bits per heavy atom. The van der Waals surface area contributed by atoms with Crippen LogP contribution >= 0.6 is 22.9 Å². The number of carbonyl (C=O) groups excluding carboxylic acids is 1. The van der Waals surface area contributed by atoms with Crippen molar-refractivity contribution in [3.8, 4) is 0 Å². The molecule has 1 aromatic carbocycles. The molecule has 1 saturated carbocycles. The van der Waals surface area contributed by atoms with E-state index >= 15 is 0 Å². The first-order chi connectivity index (χ1) is 9.00. The molecule has 1 heterocycles. The Labute approximate surface area is 120 Å². The molecule has 0 bridgehead atoms. The van der Waals surface area contributed by atoms with Crippen molar-refractivity contribution in [2.75, 3.05) is 5.32 Å². The molecule has 1 aliphatic rings. The number of amides is 1. The minimum atomic E-state index is -0.846. The zero-order chi connectivity index (χ0) is 13.6. The van der Waals surface area contributed by atoms with Crippen molar-refractivity contribution in [3.05, 3.63) is 22.7 Å². The Morgan fingerprint density at radius 1 is 1.58 bits per heavy atom. The van der Waals surface area contributed by atoms with E-state index in [0.717, 1.165) is 23.1 Å². The molecule has 1 aliphatic carbocycles. The molecule has 3 rings (SSSR count). The van der Waals surface area contributed by atoms with Crippen LogP contribution in [0.25, 0.3) is 10.2 Å². The molecule has 1 amide bonds. The summed E-state index contributed by atoms with van der Waals surface area (Å²) in [5, 5.41) is 3.33. The van der Waals surface area contributed by atoms with Gasteiger partial charge in [0.2, 0.25) is 5.91 Å². The number of aromatic nitrogens is 1. The summed E-state index contributed by atoms with van der Waals surface area (Å²) in [5.74, 6) is 0.0679. The maximum atomic E-state index is 12.3. The third-order valence-electron chi connectivity index (χ3n) is 3.60. The second kappa shape index (κ2) is 4.44. The van der Waals surface area contributed by atoms with Crippen LogP contribution in [0.3, 0.4) is 0 Å². The van der Waals surface area contributed by atoms with Gasteiger partial charge in [-0.05, 0) is 37.8 Å². The highest BCUT2D eigenvalue weighted by molar-refractivity contribution is 7.16. The molecular formula is C13H14ClN3OS. The van der Waals surface area contributed by atoms with Crippen molar-refractivity contribution in [1.29, 1.82) is 0 Å². The average molecular weight is 296 g/mol. The number of anilines is 1. The van der Waals surface area contributed by atoms with Gasteiger partial charge in [0.05, 0.1) is 26.5 Å². The highest BCUT2D eigenvalue weighted by Crippen LogP contribution is 2.39. The van der Waals surface area contributed by atoms with Gasteiger partial charge in [0.15, 0.2) is 0 Å². The van der Waals surface area contributed by atoms with E-state index in [1.54, 1.807) is 18.5 Å². The normalized spacial score (nSPS) is 18.3. The van der Waals surface area contributed by atoms with E-state index in [0.29, 0.717) is 10.7 Å². The molecule has 0 saturated heterocycles. The molecule has 0 aliphatic heterocycles. The highest BCUT2D eigenvalue weighted by atomic mass is 35.5. The van der Waals surface area contributed by atoms with Crippen LogP contribution < -0.4 is 11.1 Å². The van der Waals surface area contributed by atoms with Crippen LogP contribution in [0.1, 0.15) is 19.8 Å². The fraction of sp³-hybridized carbons (Fsp3) is 0.385. The van der Waals surface area contributed by atoms with Gasteiger partial charge in [-0.2, -0.15) is 0 Å². The Morgan fingerprint density at radius 2 is 2.32 bits per heavy atom. The predicted molar refractivity (Wildman–Crippen MR) is 78.6 cm³/mol. The summed E-state index contributed by atoms with van der Waals surface area (Å²) in [5.41, 5.74) is 8.28. The lowest BCUT2D eigenvalue weighted by atomic mass is 9.96. The van der Waals surface area contributed by atoms with Crippen LogP contribution in [0.4, 0.5) is 5.69 Å². The van der Waals surface area contributed by atoms with Crippen molar-refractivity contribution in [2.45, 2.75) is 25.3 Å². The van der Waals surface area contributed by atoms with Gasteiger partial charge in [0.25, 0.3) is 0 Å². The Kier molecular flexibility index (Phi) is 3.00. The minimum absolute atomic E-state index is 0.197. The third-order valence-corrected chi connectivity index (χ3v) is 4.71. The number of benzene rings is 1. The zero-order valence-electron chi connectivity index (χ0n) is 10.4. The predicted octanol–water partition coefficient (Wildman–Crippen LogP) is 3.02. The number of nitrogens with zero attached hydrogens (tertiary/aromatic N) is 1. The molecular weight excluding hydrogens is 282 g/mol. The van der Waals surface area contributed by atoms with E-state index in [-0.39, 0.29) is 11.8 Å². The molecule has 1 fully saturated rings. The molecule has 1 unspecified atom stereocenters. The van der Waals surface area contributed by atoms with Crippen molar-refractivity contribution in [1.82, 2.24) is 4.98 Å². The van der Waals surface area contributed by atoms with Crippen LogP contribution in [0, 0.1) is 5.92 Å². The number of nitrogens with one attached hydrogen (secondary N) is 1. The van der Waals surface area contributed by atoms with Gasteiger partial charge in [0.1, 0.15) is 5.52 Å². The van der Waals surface area contributed by atoms with Gasteiger partial charge < -0.3 is 11.1 Å². The van der Waals surface area contributed by atoms with Crippen LogP contribution in [-0.2, 0) is 4.79 Å². The number of thiazole rings is 1. The summed E-state index contributed by atoms with van der Waals surface area (Å²) in [4.78, 5) is 16.6. The fourth-order valence-electron chi connectivity index (χ4n) is 2.14. The van der Waals surface area contributed by atoms with Crippen LogP contribution in [0.5, 0.6) is 0 Å². The second-order valence-corrected chi connectivity index (χ2v) is 6.43. The van der Waals surface area contributed by atoms with Gasteiger partial charge in [0, 0.05) is 0 Å². The number of fused-ring (bicyclic) bond motifs is 1. The fourth-order valence-corrected chi connectivity index (χ4v) is 3.03. The maximum absolute atomic E-state index is 12.3. The molecule has 100 valence electrons. The molecule has 0 radical (unpaired) electrons. The molecule has 2 aromatic rings. The Balaban J connectivity index is 1.94. The number of halogens is 1. The molecule has 1 aromatic heterocycles. The number of rotatable bonds is 3. The minimum Gasteiger partial charge on any atom is -0.321 e. The van der Waals surface area contributed by atoms with E-state index in [9.17, 15) is 4.79 Å². The number of hydrogen-bond donors (Lipinski definition) is 2. The van der Waals surface area contributed by atoms with E-state index in [1.807, 2.05) is 6.07 Å². The van der Waals surface area contributed by atoms with Crippen LogP contribution in [-0.4, -0.2) is 16.4 Å². The molecule has 4 nitrogen and oxygen atoms in total. The molecule has 3 N–H and O–H groups in total. The van der Waals surface area contributed by atoms with Crippen LogP contribution in [0.2, 0.25) is 5.02 Å². The second-order valence-electron chi connectivity index (χ2n) is 5.13. The first kappa shape index (κ1) is 12.8. The van der Waals surface area contributed by atoms with Crippen molar-refractivity contribution >= 4 is 44.7 Å². The average Bonchev–Trinajstić information content (AvgIpc) is 3.12. The van der Waals surface area contributed by atoms with Gasteiger partial charge in [-0.25, -0.2) is 4.98 Å². The Hall–Kier alpha value is -1.17. The van der Waals surface area contributed by atoms with E-state index in [1.165, 1.54) is 11.3 Å². The molecule has 1 atom stereocenters. The summed E-state index contributed by atoms with van der Waals surface area (Å²) >= 11 is 7.67. The summed E-state index contributed by atoms with van der Waals surface area (Å²) in [6.45, 7) is 1.77. The number of carbonyl (C=O) groups is 1. The molecule has 6 heteroatoms. The molecule has 19 heavy (non-hydrogen) atoms. The lowest BCUT2D eigenvalue weighted by Gasteiger charge is -2.23. The summed E-state index contributed by atoms with van der Waals surface area (Å²) in [7, 11) is 0. The summed E-state index contributed by atoms with van der Waals surface area (Å²) in [6.07, 6.45) is 2.02. The number of hydrogen-bond acceptors (Lipinski definition) is 4. The molecule has 0 spiro atoms. The zero-order valence-corrected chi connectivity index (χ0v) is 12.0. The van der Waals surface area contributed by atoms with E-state index < -0.39 is 5.54 Å². The van der Waals surface area contributed by atoms with E-state index in [4.69, 9.17) is 17.3 Å². The summed E-state index contributed by atoms with van der Waals surface area (Å²) < 4.78 is 0.991. The van der Waals surface area contributed by atoms with Crippen molar-refractivity contribution in [3.63, 3.8) is 0 Å². The smallest absolute Gasteiger partial charge is 0.244 e. The standard InChI is InChI=1S/C13H14ClN3OS/c1-13(15,7-2-3-7)12(18)17-10-8(14)4-5-9-11(10)16-6-19-9/h4-7H,2-3,15H2,1H3,(H,17,18). The lowest BCUT2D eigenvalue weighted by molar-refractivity contribution is -0.121. The van der Waals surface area contributed by atoms with Gasteiger partial charge in [-0.1, -0.05) is 11.6 Å². The SMILES string of the molecule is CC(N)(C(=O)Nc1c(Cl)ccc2scnc12)C1CC1. The topological polar surface area (TPSA) is 68.0 Å². The summed E-state index contributed by atoms with van der Waals surface area (Å²) in [6, 6.07) is 3.66. The van der Waals surface area contributed by atoms with Gasteiger partial charge in [-0.15, -0.1) is 11.3 Å².